The smallest absolute Gasteiger partial charge is 0.490 e. The van der Waals surface area contributed by atoms with Gasteiger partial charge in [-0.15, -0.1) is 11.6 Å². The number of carbonyl (C=O) groups is 11. The van der Waals surface area contributed by atoms with Crippen molar-refractivity contribution in [3.8, 4) is 17.2 Å². The first-order valence-electron chi connectivity index (χ1n) is 34.6. The Kier molecular flexibility index (Phi) is 28.5. The number of alkyl halides is 7. The lowest BCUT2D eigenvalue weighted by Gasteiger charge is -2.39. The highest BCUT2D eigenvalue weighted by atomic mass is 35.5. The number of benzene rings is 4. The van der Waals surface area contributed by atoms with E-state index >= 15 is 0 Å². The molecule has 1 unspecified atom stereocenters. The van der Waals surface area contributed by atoms with Crippen molar-refractivity contribution in [3.63, 3.8) is 0 Å². The average Bonchev–Trinajstić information content (AvgIpc) is 1.55. The molecule has 0 aromatic heterocycles. The summed E-state index contributed by atoms with van der Waals surface area (Å²) in [5.74, 6) is -7.09. The molecule has 0 spiro atoms. The molecule has 4 atom stereocenters. The van der Waals surface area contributed by atoms with E-state index in [1.165, 1.54) is 36.3 Å². The van der Waals surface area contributed by atoms with E-state index in [9.17, 15) is 74.6 Å². The molecular weight excluding hydrogens is 1430 g/mol. The van der Waals surface area contributed by atoms with Crippen molar-refractivity contribution in [2.75, 3.05) is 101 Å². The molecule has 1 aliphatic carbocycles. The molecule has 3 fully saturated rings. The minimum atomic E-state index is -5.08. The van der Waals surface area contributed by atoms with Crippen molar-refractivity contribution in [1.29, 1.82) is 0 Å². The minimum Gasteiger partial charge on any atom is -0.493 e. The molecule has 1 saturated carbocycles. The van der Waals surface area contributed by atoms with Gasteiger partial charge in [0.2, 0.25) is 23.6 Å². The van der Waals surface area contributed by atoms with E-state index in [0.29, 0.717) is 151 Å². The van der Waals surface area contributed by atoms with E-state index in [4.69, 9.17) is 56.1 Å². The fraction of sp³-hybridized carbons (Fsp3) is 0.507. The second kappa shape index (κ2) is 37.0. The van der Waals surface area contributed by atoms with Crippen molar-refractivity contribution in [3.05, 3.63) is 95.6 Å². The highest BCUT2D eigenvalue weighted by Gasteiger charge is 2.52. The van der Waals surface area contributed by atoms with Crippen LogP contribution in [0.4, 0.5) is 53.0 Å². The molecular formula is C71H85ClF6N10O18. The molecule has 2 saturated heterocycles. The Labute approximate surface area is 610 Å². The number of nitrogens with one attached hydrogen (secondary N) is 3. The number of carbonyl (C=O) groups excluding carboxylic acids is 9. The third-order valence-electron chi connectivity index (χ3n) is 19.0. The van der Waals surface area contributed by atoms with E-state index in [-0.39, 0.29) is 79.0 Å². The summed E-state index contributed by atoms with van der Waals surface area (Å²) in [6.07, 6.45) is -3.03. The van der Waals surface area contributed by atoms with Gasteiger partial charge in [0, 0.05) is 106 Å². The highest BCUT2D eigenvalue weighted by molar-refractivity contribution is 6.19. The summed E-state index contributed by atoms with van der Waals surface area (Å²) in [4.78, 5) is 148. The van der Waals surface area contributed by atoms with Crippen LogP contribution in [0, 0.1) is 5.41 Å². The number of carboxylic acid groups (broad SMARTS) is 2. The number of likely N-dealkylation sites (N-methyl/N-ethyl adjacent to an activating group) is 1. The molecule has 576 valence electrons. The van der Waals surface area contributed by atoms with Gasteiger partial charge in [0.05, 0.1) is 36.7 Å². The number of aliphatic hydroxyl groups is 1. The SMILES string of the molecule is COc1cc2c(cc1OCCCCCC(=O)N1C[C@@H](CCl)c3c1cc(OC(=O)N1CCN(C)CC1)c1ccccc31)N(C(=O)OCc1ccc(NC(=O)[C@H](CCCCN)NC(=O)C3(C(=O)NCCCCCN4C(=O)C=CC4=O)CCC3)cc1)C(O)[C@@H]1CCCN1C2=O.O=C(O)C(F)(F)F.O=C(O)C(F)(F)F. The maximum absolute atomic E-state index is 14.3. The largest absolute Gasteiger partial charge is 0.493 e. The van der Waals surface area contributed by atoms with Crippen molar-refractivity contribution >= 4 is 105 Å². The van der Waals surface area contributed by atoms with Gasteiger partial charge >= 0.3 is 36.5 Å². The van der Waals surface area contributed by atoms with E-state index in [0.717, 1.165) is 34.3 Å². The number of rotatable bonds is 27. The second-order valence-corrected chi connectivity index (χ2v) is 26.4. The van der Waals surface area contributed by atoms with Crippen LogP contribution in [0.5, 0.6) is 17.2 Å². The lowest BCUT2D eigenvalue weighted by Crippen LogP contribution is -2.58. The molecule has 8 N–H and O–H groups in total. The van der Waals surface area contributed by atoms with Gasteiger partial charge in [0.15, 0.2) is 17.7 Å². The maximum Gasteiger partial charge on any atom is 0.490 e. The van der Waals surface area contributed by atoms with Gasteiger partial charge in [0.25, 0.3) is 17.7 Å². The van der Waals surface area contributed by atoms with Gasteiger partial charge in [-0.1, -0.05) is 42.8 Å². The zero-order valence-electron chi connectivity index (χ0n) is 58.3. The van der Waals surface area contributed by atoms with E-state index in [2.05, 4.69) is 20.9 Å². The number of imide groups is 1. The summed E-state index contributed by atoms with van der Waals surface area (Å²) >= 11 is 6.56. The fourth-order valence-corrected chi connectivity index (χ4v) is 13.2. The lowest BCUT2D eigenvalue weighted by atomic mass is 9.67. The summed E-state index contributed by atoms with van der Waals surface area (Å²) < 4.78 is 87.4. The Balaban J connectivity index is 0.000000921. The molecule has 106 heavy (non-hydrogen) atoms. The number of nitrogens with two attached hydrogens (primary N) is 1. The number of fused-ring (bicyclic) bond motifs is 5. The van der Waals surface area contributed by atoms with Crippen LogP contribution in [-0.2, 0) is 49.7 Å². The van der Waals surface area contributed by atoms with Gasteiger partial charge in [0.1, 0.15) is 23.8 Å². The molecule has 35 heteroatoms. The number of aliphatic hydroxyl groups excluding tert-OH is 1. The first kappa shape index (κ1) is 81.9. The molecule has 0 bridgehead atoms. The van der Waals surface area contributed by atoms with Crippen LogP contribution in [0.2, 0.25) is 0 Å². The van der Waals surface area contributed by atoms with Crippen molar-refractivity contribution < 1.29 is 113 Å². The number of methoxy groups -OCH3 is 1. The molecule has 5 heterocycles. The van der Waals surface area contributed by atoms with E-state index < -0.39 is 83.8 Å². The zero-order chi connectivity index (χ0) is 77.2. The Hall–Kier alpha value is -9.80. The standard InChI is InChI=1S/C67H83ClN10O14.2C2HF3O2/c1-73-32-34-74(35-33-73)65(87)92-53-39-52-59(47-16-7-6-15-46(47)53)44(40-68)41-77(52)56(79)19-5-3-12-36-90-55-38-51-48(37-54(55)89-2)61(83)75-31-13-18-50(75)62(84)78(51)66(88)91-42-43-20-22-45(23-21-43)71-60(82)49(17-8-9-28-69)72-64(86)67(26-14-27-67)63(85)70-29-10-4-11-30-76-57(80)24-25-58(76)81;2*3-2(4,5)1(6)7/h6-7,15-16,20-25,37-39,44,49-50,62,84H,3-5,8-14,17-19,26-36,40-42,69H2,1-2H3,(H,70,85)(H,71,82)(H,72,86);2*(H,6,7)/t44-,49+,50+,62?;;/m1../s1. The number of aliphatic carboxylic acids is 2. The summed E-state index contributed by atoms with van der Waals surface area (Å²) in [7, 11) is 3.46. The van der Waals surface area contributed by atoms with E-state index in [1.807, 2.05) is 31.3 Å². The summed E-state index contributed by atoms with van der Waals surface area (Å²) in [6, 6.07) is 17.3. The minimum absolute atomic E-state index is 0.0716. The molecule has 4 aromatic carbocycles. The number of ether oxygens (including phenoxy) is 4. The Morgan fingerprint density at radius 2 is 1.38 bits per heavy atom. The maximum atomic E-state index is 14.3. The molecule has 6 aliphatic rings. The van der Waals surface area contributed by atoms with Crippen LogP contribution in [0.1, 0.15) is 124 Å². The first-order valence-corrected chi connectivity index (χ1v) is 35.2. The molecule has 10 rings (SSSR count). The first-order chi connectivity index (χ1) is 50.4. The number of carboxylic acids is 2. The summed E-state index contributed by atoms with van der Waals surface area (Å²) in [6.45, 7) is 4.26. The number of nitrogens with zero attached hydrogens (tertiary/aromatic N) is 6. The van der Waals surface area contributed by atoms with Crippen molar-refractivity contribution in [1.82, 2.24) is 30.2 Å². The number of hydrogen-bond acceptors (Lipinski definition) is 18. The summed E-state index contributed by atoms with van der Waals surface area (Å²) in [5, 5.41) is 36.5. The lowest BCUT2D eigenvalue weighted by molar-refractivity contribution is -0.193. The Morgan fingerprint density at radius 3 is 1.99 bits per heavy atom. The molecule has 5 aliphatic heterocycles. The van der Waals surface area contributed by atoms with Crippen LogP contribution in [-0.4, -0.2) is 217 Å². The van der Waals surface area contributed by atoms with Crippen molar-refractivity contribution in [2.45, 2.75) is 140 Å². The number of anilines is 3. The third-order valence-corrected chi connectivity index (χ3v) is 19.3. The van der Waals surface area contributed by atoms with Gasteiger partial charge in [-0.2, -0.15) is 26.3 Å². The highest BCUT2D eigenvalue weighted by Crippen LogP contribution is 2.47. The van der Waals surface area contributed by atoms with Gasteiger partial charge < -0.3 is 75.6 Å². The normalized spacial score (nSPS) is 18.3. The van der Waals surface area contributed by atoms with Crippen molar-refractivity contribution in [2.24, 2.45) is 11.1 Å². The second-order valence-electron chi connectivity index (χ2n) is 26.1. The summed E-state index contributed by atoms with van der Waals surface area (Å²) in [5.41, 5.74) is 7.19. The van der Waals surface area contributed by atoms with Crippen LogP contribution in [0.3, 0.4) is 0 Å². The third kappa shape index (κ3) is 20.4. The van der Waals surface area contributed by atoms with Crippen LogP contribution >= 0.6 is 11.6 Å². The number of halogens is 7. The van der Waals surface area contributed by atoms with E-state index in [1.54, 1.807) is 45.0 Å². The number of amides is 9. The molecule has 4 aromatic rings. The van der Waals surface area contributed by atoms with Gasteiger partial charge in [-0.3, -0.25) is 38.5 Å². The number of piperazine rings is 1. The van der Waals surface area contributed by atoms with Gasteiger partial charge in [-0.25, -0.2) is 24.1 Å². The number of unbranched alkanes of at least 4 members (excludes halogenated alkanes) is 5. The Morgan fingerprint density at radius 1 is 0.736 bits per heavy atom. The van der Waals surface area contributed by atoms with Crippen LogP contribution in [0.25, 0.3) is 10.8 Å². The molecule has 9 amide bonds. The predicted molar refractivity (Wildman–Crippen MR) is 371 cm³/mol. The molecule has 28 nitrogen and oxygen atoms in total. The molecule has 0 radical (unpaired) electrons. The topological polar surface area (TPSA) is 367 Å². The predicted octanol–water partition coefficient (Wildman–Crippen LogP) is 8.18. The monoisotopic (exact) mass is 1510 g/mol. The quantitative estimate of drug-likeness (QED) is 0.00972. The average molecular weight is 1520 g/mol. The zero-order valence-corrected chi connectivity index (χ0v) is 59.0. The Bertz CT molecular complexity index is 3870. The van der Waals surface area contributed by atoms with Gasteiger partial charge in [-0.05, 0) is 132 Å². The fourth-order valence-electron chi connectivity index (χ4n) is 13.0. The number of hydrogen-bond donors (Lipinski definition) is 7. The van der Waals surface area contributed by atoms with Crippen LogP contribution < -0.4 is 45.7 Å². The van der Waals surface area contributed by atoms with Crippen LogP contribution in [0.15, 0.2) is 78.9 Å².